The van der Waals surface area contributed by atoms with Gasteiger partial charge in [-0.05, 0) is 41.3 Å². The number of hydrogen-bond acceptors (Lipinski definition) is 4. The Kier molecular flexibility index (Phi) is 7.71. The van der Waals surface area contributed by atoms with Crippen LogP contribution in [-0.2, 0) is 20.2 Å². The van der Waals surface area contributed by atoms with E-state index in [1.165, 1.54) is 11.6 Å². The van der Waals surface area contributed by atoms with Gasteiger partial charge in [0.15, 0.2) is 0 Å². The molecule has 2 rings (SSSR count). The number of amides is 1. The molecule has 1 amide bonds. The van der Waals surface area contributed by atoms with Crippen molar-refractivity contribution in [1.82, 2.24) is 5.32 Å². The van der Waals surface area contributed by atoms with Crippen LogP contribution in [0.1, 0.15) is 26.3 Å². The first-order chi connectivity index (χ1) is 13.9. The number of nitrogens with zero attached hydrogens (tertiary/aromatic N) is 1. The van der Waals surface area contributed by atoms with E-state index in [2.05, 4.69) is 26.1 Å². The highest BCUT2D eigenvalue weighted by Gasteiger charge is 2.21. The molecule has 30 heavy (non-hydrogen) atoms. The molecule has 0 saturated carbocycles. The first-order valence-corrected chi connectivity index (χ1v) is 11.5. The van der Waals surface area contributed by atoms with Crippen LogP contribution >= 0.6 is 11.6 Å². The normalized spacial score (nSPS) is 11.8. The summed E-state index contributed by atoms with van der Waals surface area (Å²) in [6, 6.07) is 11.2. The van der Waals surface area contributed by atoms with Crippen molar-refractivity contribution in [3.05, 3.63) is 58.9 Å². The van der Waals surface area contributed by atoms with Gasteiger partial charge in [0.2, 0.25) is 15.9 Å². The monoisotopic (exact) mass is 456 g/mol. The first kappa shape index (κ1) is 24.0. The molecule has 0 unspecified atom stereocenters. The third-order valence-corrected chi connectivity index (χ3v) is 5.72. The van der Waals surface area contributed by atoms with Crippen molar-refractivity contribution in [2.75, 3.05) is 30.3 Å². The summed E-state index contributed by atoms with van der Waals surface area (Å²) in [6.45, 7) is 6.33. The Hall–Kier alpha value is -2.32. The number of anilines is 1. The Morgan fingerprint density at radius 3 is 2.33 bits per heavy atom. The van der Waals surface area contributed by atoms with Gasteiger partial charge in [0, 0.05) is 0 Å². The summed E-state index contributed by atoms with van der Waals surface area (Å²) in [6.07, 6.45) is 0.960. The zero-order valence-corrected chi connectivity index (χ0v) is 19.0. The summed E-state index contributed by atoms with van der Waals surface area (Å²) in [5.41, 5.74) is 1.34. The van der Waals surface area contributed by atoms with Gasteiger partial charge in [0.1, 0.15) is 24.7 Å². The highest BCUT2D eigenvalue weighted by Crippen LogP contribution is 2.25. The minimum atomic E-state index is -3.77. The van der Waals surface area contributed by atoms with Crippen LogP contribution in [0.4, 0.5) is 10.1 Å². The molecule has 0 atom stereocenters. The molecule has 0 heterocycles. The predicted molar refractivity (Wildman–Crippen MR) is 117 cm³/mol. The van der Waals surface area contributed by atoms with Gasteiger partial charge in [-0.25, -0.2) is 12.8 Å². The van der Waals surface area contributed by atoms with E-state index in [9.17, 15) is 17.6 Å². The van der Waals surface area contributed by atoms with E-state index in [-0.39, 0.29) is 29.3 Å². The van der Waals surface area contributed by atoms with E-state index in [0.717, 1.165) is 22.7 Å². The van der Waals surface area contributed by atoms with Gasteiger partial charge in [0.05, 0.1) is 23.5 Å². The summed E-state index contributed by atoms with van der Waals surface area (Å²) in [7, 11) is -3.77. The zero-order valence-electron chi connectivity index (χ0n) is 17.4. The molecule has 0 aliphatic heterocycles. The number of nitrogens with one attached hydrogen (secondary N) is 1. The van der Waals surface area contributed by atoms with Crippen LogP contribution < -0.4 is 14.4 Å². The van der Waals surface area contributed by atoms with Gasteiger partial charge in [-0.2, -0.15) is 0 Å². The zero-order chi connectivity index (χ0) is 22.5. The average Bonchev–Trinajstić information content (AvgIpc) is 2.64. The quantitative estimate of drug-likeness (QED) is 0.614. The molecule has 2 aromatic rings. The smallest absolute Gasteiger partial charge is 0.240 e. The predicted octanol–water partition coefficient (Wildman–Crippen LogP) is 3.74. The van der Waals surface area contributed by atoms with Gasteiger partial charge >= 0.3 is 0 Å². The number of sulfonamides is 1. The maximum absolute atomic E-state index is 13.4. The van der Waals surface area contributed by atoms with E-state index in [1.54, 1.807) is 0 Å². The third kappa shape index (κ3) is 6.88. The molecular weight excluding hydrogens is 431 g/mol. The molecule has 0 saturated heterocycles. The van der Waals surface area contributed by atoms with Gasteiger partial charge in [0.25, 0.3) is 0 Å². The van der Waals surface area contributed by atoms with E-state index < -0.39 is 28.3 Å². The van der Waals surface area contributed by atoms with Gasteiger partial charge in [-0.1, -0.05) is 44.5 Å². The number of carbonyl (C=O) groups excluding carboxylic acids is 1. The van der Waals surface area contributed by atoms with Crippen LogP contribution in [0.3, 0.4) is 0 Å². The molecule has 6 nitrogen and oxygen atoms in total. The summed E-state index contributed by atoms with van der Waals surface area (Å²) in [4.78, 5) is 12.2. The number of rotatable bonds is 8. The van der Waals surface area contributed by atoms with Gasteiger partial charge in [-0.15, -0.1) is 0 Å². The lowest BCUT2D eigenvalue weighted by Gasteiger charge is -2.22. The Bertz CT molecular complexity index is 989. The van der Waals surface area contributed by atoms with E-state index >= 15 is 0 Å². The number of benzene rings is 2. The second-order valence-corrected chi connectivity index (χ2v) is 10.2. The second kappa shape index (κ2) is 9.66. The summed E-state index contributed by atoms with van der Waals surface area (Å²) in [5.74, 6) is -0.519. The summed E-state index contributed by atoms with van der Waals surface area (Å²) < 4.78 is 43.9. The van der Waals surface area contributed by atoms with Crippen LogP contribution in [0, 0.1) is 5.82 Å². The average molecular weight is 457 g/mol. The molecule has 1 N–H and O–H groups in total. The Balaban J connectivity index is 1.89. The lowest BCUT2D eigenvalue weighted by atomic mass is 9.87. The third-order valence-electron chi connectivity index (χ3n) is 4.29. The maximum Gasteiger partial charge on any atom is 0.240 e. The van der Waals surface area contributed by atoms with E-state index in [4.69, 9.17) is 16.3 Å². The van der Waals surface area contributed by atoms with Crippen molar-refractivity contribution >= 4 is 33.2 Å². The number of ether oxygens (including phenoxy) is 1. The van der Waals surface area contributed by atoms with Crippen molar-refractivity contribution in [3.63, 3.8) is 0 Å². The Labute approximate surface area is 182 Å². The minimum Gasteiger partial charge on any atom is -0.492 e. The fourth-order valence-electron chi connectivity index (χ4n) is 2.64. The standard InChI is InChI=1S/C21H26ClFN2O4S/c1-21(2,3)15-5-8-17(9-6-15)29-12-11-24-20(26)14-25(30(4,27)28)16-7-10-19(23)18(22)13-16/h5-10,13H,11-12,14H2,1-4H3,(H,24,26). The maximum atomic E-state index is 13.4. The second-order valence-electron chi connectivity index (χ2n) is 7.84. The highest BCUT2D eigenvalue weighted by atomic mass is 35.5. The van der Waals surface area contributed by atoms with Crippen LogP contribution in [0.5, 0.6) is 5.75 Å². The van der Waals surface area contributed by atoms with Crippen molar-refractivity contribution in [1.29, 1.82) is 0 Å². The highest BCUT2D eigenvalue weighted by molar-refractivity contribution is 7.92. The van der Waals surface area contributed by atoms with Gasteiger partial charge in [-0.3, -0.25) is 9.10 Å². The molecule has 0 aliphatic carbocycles. The SMILES string of the molecule is CC(C)(C)c1ccc(OCCNC(=O)CN(c2ccc(F)c(Cl)c2)S(C)(=O)=O)cc1. The number of hydrogen-bond donors (Lipinski definition) is 1. The van der Waals surface area contributed by atoms with E-state index in [1.807, 2.05) is 24.3 Å². The minimum absolute atomic E-state index is 0.0484. The van der Waals surface area contributed by atoms with Crippen molar-refractivity contribution in [2.45, 2.75) is 26.2 Å². The largest absolute Gasteiger partial charge is 0.492 e. The molecule has 9 heteroatoms. The van der Waals surface area contributed by atoms with Crippen molar-refractivity contribution < 1.29 is 22.3 Å². The summed E-state index contributed by atoms with van der Waals surface area (Å²) in [5, 5.41) is 2.38. The molecule has 0 spiro atoms. The Morgan fingerprint density at radius 1 is 1.17 bits per heavy atom. The molecule has 0 fully saturated rings. The fraction of sp³-hybridized carbons (Fsp3) is 0.381. The van der Waals surface area contributed by atoms with Crippen LogP contribution in [0.25, 0.3) is 0 Å². The topological polar surface area (TPSA) is 75.7 Å². The molecule has 0 radical (unpaired) electrons. The fourth-order valence-corrected chi connectivity index (χ4v) is 3.66. The van der Waals surface area contributed by atoms with Crippen molar-refractivity contribution in [2.24, 2.45) is 0 Å². The molecule has 0 aromatic heterocycles. The molecule has 0 bridgehead atoms. The van der Waals surface area contributed by atoms with Crippen LogP contribution in [0.15, 0.2) is 42.5 Å². The lowest BCUT2D eigenvalue weighted by Crippen LogP contribution is -2.41. The Morgan fingerprint density at radius 2 is 1.80 bits per heavy atom. The molecular formula is C21H26ClFN2O4S. The van der Waals surface area contributed by atoms with Crippen LogP contribution in [0.2, 0.25) is 5.02 Å². The number of carbonyl (C=O) groups is 1. The molecule has 0 aliphatic rings. The molecule has 2 aromatic carbocycles. The number of halogens is 2. The molecule has 164 valence electrons. The van der Waals surface area contributed by atoms with Crippen molar-refractivity contribution in [3.8, 4) is 5.75 Å². The van der Waals surface area contributed by atoms with E-state index in [0.29, 0.717) is 5.75 Å². The van der Waals surface area contributed by atoms with Gasteiger partial charge < -0.3 is 10.1 Å². The lowest BCUT2D eigenvalue weighted by molar-refractivity contribution is -0.119. The first-order valence-electron chi connectivity index (χ1n) is 9.31. The summed E-state index contributed by atoms with van der Waals surface area (Å²) >= 11 is 5.73. The van der Waals surface area contributed by atoms with Crippen LogP contribution in [-0.4, -0.2) is 40.3 Å².